The van der Waals surface area contributed by atoms with Crippen LogP contribution in [-0.4, -0.2) is 5.91 Å². The number of hydrogen-bond donors (Lipinski definition) is 3. The number of carbonyl (C=O) groups is 1. The Bertz CT molecular complexity index is 494. The Balaban J connectivity index is 2.90. The summed E-state index contributed by atoms with van der Waals surface area (Å²) < 4.78 is 0. The summed E-state index contributed by atoms with van der Waals surface area (Å²) in [5, 5.41) is 3.46. The lowest BCUT2D eigenvalue weighted by Gasteiger charge is -2.11. The number of anilines is 1. The van der Waals surface area contributed by atoms with Crippen molar-refractivity contribution in [2.45, 2.75) is 6.92 Å². The first kappa shape index (κ1) is 14.5. The number of halogens is 1. The molecule has 0 saturated carbocycles. The van der Waals surface area contributed by atoms with Crippen LogP contribution in [0.1, 0.15) is 5.56 Å². The first-order chi connectivity index (χ1) is 8.45. The molecule has 1 rings (SSSR count). The molecule has 0 bridgehead atoms. The number of para-hydroxylation sites is 1. The van der Waals surface area contributed by atoms with E-state index in [4.69, 9.17) is 23.1 Å². The maximum absolute atomic E-state index is 11.9. The van der Waals surface area contributed by atoms with E-state index in [-0.39, 0.29) is 15.8 Å². The Morgan fingerprint density at radius 1 is 1.56 bits per heavy atom. The van der Waals surface area contributed by atoms with E-state index >= 15 is 0 Å². The van der Waals surface area contributed by atoms with E-state index in [2.05, 4.69) is 11.9 Å². The molecular weight excluding hydrogens is 270 g/mol. The van der Waals surface area contributed by atoms with Gasteiger partial charge >= 0.3 is 0 Å². The van der Waals surface area contributed by atoms with Crippen molar-refractivity contribution in [3.63, 3.8) is 0 Å². The Kier molecular flexibility index (Phi) is 5.12. The molecule has 0 aromatic heterocycles. The normalized spacial score (nSPS) is 11.1. The van der Waals surface area contributed by atoms with Gasteiger partial charge in [0.05, 0.1) is 20.6 Å². The molecule has 1 aromatic carbocycles. The van der Waals surface area contributed by atoms with Gasteiger partial charge in [-0.05, 0) is 18.6 Å². The highest BCUT2D eigenvalue weighted by Gasteiger charge is 2.13. The van der Waals surface area contributed by atoms with Crippen molar-refractivity contribution < 1.29 is 4.79 Å². The molecule has 0 fully saturated rings. The SMILES string of the molecule is C=C(N)S/C(=C\N)C(=O)Nc1c(C)cccc1Cl. The van der Waals surface area contributed by atoms with Crippen LogP contribution in [0, 0.1) is 6.92 Å². The number of rotatable bonds is 4. The first-order valence-electron chi connectivity index (χ1n) is 5.06. The molecule has 4 nitrogen and oxygen atoms in total. The van der Waals surface area contributed by atoms with Crippen molar-refractivity contribution in [2.24, 2.45) is 11.5 Å². The predicted molar refractivity (Wildman–Crippen MR) is 78.0 cm³/mol. The fraction of sp³-hybridized carbons (Fsp3) is 0.0833. The summed E-state index contributed by atoms with van der Waals surface area (Å²) in [6.45, 7) is 5.36. The van der Waals surface area contributed by atoms with Crippen LogP contribution in [0.3, 0.4) is 0 Å². The Morgan fingerprint density at radius 3 is 2.72 bits per heavy atom. The Hall–Kier alpha value is -1.59. The number of hydrogen-bond acceptors (Lipinski definition) is 4. The third kappa shape index (κ3) is 3.72. The third-order valence-electron chi connectivity index (χ3n) is 2.08. The summed E-state index contributed by atoms with van der Waals surface area (Å²) in [6, 6.07) is 5.36. The zero-order chi connectivity index (χ0) is 13.7. The summed E-state index contributed by atoms with van der Waals surface area (Å²) in [7, 11) is 0. The van der Waals surface area contributed by atoms with Crippen LogP contribution in [0.15, 0.2) is 40.9 Å². The molecule has 0 aliphatic carbocycles. The molecule has 0 aliphatic rings. The van der Waals surface area contributed by atoms with Crippen LogP contribution in [0.4, 0.5) is 5.69 Å². The van der Waals surface area contributed by atoms with Crippen molar-refractivity contribution in [2.75, 3.05) is 5.32 Å². The minimum Gasteiger partial charge on any atom is -0.404 e. The molecule has 0 radical (unpaired) electrons. The molecule has 5 N–H and O–H groups in total. The number of benzene rings is 1. The summed E-state index contributed by atoms with van der Waals surface area (Å²) in [5.41, 5.74) is 12.2. The van der Waals surface area contributed by atoms with E-state index in [1.54, 1.807) is 6.07 Å². The van der Waals surface area contributed by atoms with Crippen molar-refractivity contribution >= 4 is 35.0 Å². The van der Waals surface area contributed by atoms with Gasteiger partial charge in [-0.25, -0.2) is 0 Å². The zero-order valence-electron chi connectivity index (χ0n) is 9.87. The number of nitrogens with one attached hydrogen (secondary N) is 1. The van der Waals surface area contributed by atoms with Crippen molar-refractivity contribution in [3.05, 3.63) is 51.5 Å². The van der Waals surface area contributed by atoms with Gasteiger partial charge in [-0.1, -0.05) is 42.1 Å². The molecule has 0 aliphatic heterocycles. The summed E-state index contributed by atoms with van der Waals surface area (Å²) in [4.78, 5) is 12.2. The van der Waals surface area contributed by atoms with Gasteiger partial charge in [0.2, 0.25) is 0 Å². The van der Waals surface area contributed by atoms with E-state index in [9.17, 15) is 4.79 Å². The van der Waals surface area contributed by atoms with E-state index < -0.39 is 0 Å². The average Bonchev–Trinajstić information content (AvgIpc) is 2.30. The van der Waals surface area contributed by atoms with Crippen LogP contribution >= 0.6 is 23.4 Å². The van der Waals surface area contributed by atoms with E-state index in [1.165, 1.54) is 6.20 Å². The highest BCUT2D eigenvalue weighted by atomic mass is 35.5. The molecule has 18 heavy (non-hydrogen) atoms. The Morgan fingerprint density at radius 2 is 2.22 bits per heavy atom. The lowest BCUT2D eigenvalue weighted by molar-refractivity contribution is -0.112. The topological polar surface area (TPSA) is 81.1 Å². The van der Waals surface area contributed by atoms with Crippen molar-refractivity contribution in [3.8, 4) is 0 Å². The standard InChI is InChI=1S/C12H14ClN3OS/c1-7-4-3-5-9(13)11(7)16-12(17)10(6-14)18-8(2)15/h3-6H,2,14-15H2,1H3,(H,16,17)/b10-6-. The first-order valence-corrected chi connectivity index (χ1v) is 6.25. The molecule has 0 heterocycles. The van der Waals surface area contributed by atoms with Crippen LogP contribution in [0.25, 0.3) is 0 Å². The number of carbonyl (C=O) groups excluding carboxylic acids is 1. The number of nitrogens with two attached hydrogens (primary N) is 2. The minimum atomic E-state index is -0.370. The lowest BCUT2D eigenvalue weighted by Crippen LogP contribution is -2.15. The fourth-order valence-corrected chi connectivity index (χ4v) is 2.03. The maximum atomic E-state index is 11.9. The van der Waals surface area contributed by atoms with E-state index in [1.807, 2.05) is 19.1 Å². The summed E-state index contributed by atoms with van der Waals surface area (Å²) in [6.07, 6.45) is 1.18. The quantitative estimate of drug-likeness (QED) is 0.742. The lowest BCUT2D eigenvalue weighted by atomic mass is 10.2. The molecule has 1 aromatic rings. The monoisotopic (exact) mass is 283 g/mol. The second-order valence-corrected chi connectivity index (χ2v) is 5.06. The van der Waals surface area contributed by atoms with Gasteiger partial charge in [0, 0.05) is 6.20 Å². The molecule has 0 spiro atoms. The van der Waals surface area contributed by atoms with Gasteiger partial charge in [-0.2, -0.15) is 0 Å². The van der Waals surface area contributed by atoms with Crippen LogP contribution in [0.2, 0.25) is 5.02 Å². The highest BCUT2D eigenvalue weighted by Crippen LogP contribution is 2.27. The third-order valence-corrected chi connectivity index (χ3v) is 3.20. The van der Waals surface area contributed by atoms with E-state index in [0.717, 1.165) is 17.3 Å². The molecule has 0 atom stereocenters. The maximum Gasteiger partial charge on any atom is 0.264 e. The van der Waals surface area contributed by atoms with Crippen molar-refractivity contribution in [1.82, 2.24) is 0 Å². The van der Waals surface area contributed by atoms with Gasteiger partial charge in [-0.3, -0.25) is 4.79 Å². The minimum absolute atomic E-state index is 0.266. The molecule has 96 valence electrons. The van der Waals surface area contributed by atoms with Crippen LogP contribution in [-0.2, 0) is 4.79 Å². The molecule has 1 amide bonds. The second-order valence-electron chi connectivity index (χ2n) is 3.49. The predicted octanol–water partition coefficient (Wildman–Crippen LogP) is 2.55. The van der Waals surface area contributed by atoms with Gasteiger partial charge in [-0.15, -0.1) is 0 Å². The second kappa shape index (κ2) is 6.37. The molecular formula is C12H14ClN3OS. The van der Waals surface area contributed by atoms with Crippen LogP contribution < -0.4 is 16.8 Å². The van der Waals surface area contributed by atoms with Crippen molar-refractivity contribution in [1.29, 1.82) is 0 Å². The van der Waals surface area contributed by atoms with Crippen LogP contribution in [0.5, 0.6) is 0 Å². The summed E-state index contributed by atoms with van der Waals surface area (Å²) in [5.74, 6) is -0.370. The highest BCUT2D eigenvalue weighted by molar-refractivity contribution is 8.07. The van der Waals surface area contributed by atoms with Gasteiger partial charge in [0.1, 0.15) is 0 Å². The number of amides is 1. The summed E-state index contributed by atoms with van der Waals surface area (Å²) >= 11 is 7.02. The number of thioether (sulfide) groups is 1. The Labute approximate surface area is 115 Å². The fourth-order valence-electron chi connectivity index (χ4n) is 1.26. The van der Waals surface area contributed by atoms with Gasteiger partial charge in [0.15, 0.2) is 0 Å². The zero-order valence-corrected chi connectivity index (χ0v) is 11.4. The van der Waals surface area contributed by atoms with E-state index in [0.29, 0.717) is 10.7 Å². The van der Waals surface area contributed by atoms with Gasteiger partial charge < -0.3 is 16.8 Å². The molecule has 6 heteroatoms. The average molecular weight is 284 g/mol. The number of aryl methyl sites for hydroxylation is 1. The molecule has 0 saturated heterocycles. The molecule has 0 unspecified atom stereocenters. The van der Waals surface area contributed by atoms with Gasteiger partial charge in [0.25, 0.3) is 5.91 Å². The smallest absolute Gasteiger partial charge is 0.264 e. The largest absolute Gasteiger partial charge is 0.404 e.